The van der Waals surface area contributed by atoms with E-state index in [1.54, 1.807) is 23.5 Å². The highest BCUT2D eigenvalue weighted by atomic mass is 32.1. The van der Waals surface area contributed by atoms with Crippen LogP contribution >= 0.6 is 11.3 Å². The van der Waals surface area contributed by atoms with Gasteiger partial charge in [0, 0.05) is 12.8 Å². The van der Waals surface area contributed by atoms with Gasteiger partial charge in [-0.2, -0.15) is 0 Å². The largest absolute Gasteiger partial charge is 0.320 e. The minimum absolute atomic E-state index is 0.124. The van der Waals surface area contributed by atoms with Crippen molar-refractivity contribution in [1.82, 2.24) is 0 Å². The first-order chi connectivity index (χ1) is 10.6. The smallest absolute Gasteiger partial charge is 0.279 e. The summed E-state index contributed by atoms with van der Waals surface area (Å²) in [7, 11) is 0. The van der Waals surface area contributed by atoms with Crippen molar-refractivity contribution < 1.29 is 14.1 Å². The van der Waals surface area contributed by atoms with E-state index < -0.39 is 0 Å². The number of quaternary nitrogens is 1. The number of carbonyl (C=O) groups is 1. The molecule has 5 heteroatoms. The summed E-state index contributed by atoms with van der Waals surface area (Å²) in [6, 6.07) is 9.45. The molecule has 0 spiro atoms. The van der Waals surface area contributed by atoms with Crippen LogP contribution in [0.4, 0.5) is 10.1 Å². The molecule has 0 aliphatic carbocycles. The van der Waals surface area contributed by atoms with Gasteiger partial charge in [0.2, 0.25) is 0 Å². The van der Waals surface area contributed by atoms with Crippen LogP contribution in [0, 0.1) is 12.7 Å². The maximum Gasteiger partial charge on any atom is 0.279 e. The highest BCUT2D eigenvalue weighted by molar-refractivity contribution is 7.10. The molecule has 0 bridgehead atoms. The summed E-state index contributed by atoms with van der Waals surface area (Å²) >= 11 is 1.75. The summed E-state index contributed by atoms with van der Waals surface area (Å²) in [5.74, 6) is -0.499. The Balaban J connectivity index is 1.64. The summed E-state index contributed by atoms with van der Waals surface area (Å²) in [4.78, 5) is 14.8. The zero-order valence-electron chi connectivity index (χ0n) is 12.6. The first-order valence-electron chi connectivity index (χ1n) is 7.57. The van der Waals surface area contributed by atoms with Gasteiger partial charge in [0.25, 0.3) is 5.91 Å². The van der Waals surface area contributed by atoms with Gasteiger partial charge in [-0.15, -0.1) is 11.3 Å². The molecule has 1 aromatic heterocycles. The second-order valence-corrected chi connectivity index (χ2v) is 6.81. The van der Waals surface area contributed by atoms with Crippen molar-refractivity contribution in [3.63, 3.8) is 0 Å². The number of anilines is 1. The van der Waals surface area contributed by atoms with Gasteiger partial charge < -0.3 is 10.2 Å². The molecule has 2 aromatic rings. The minimum atomic E-state index is -0.375. The molecule has 1 fully saturated rings. The fourth-order valence-electron chi connectivity index (χ4n) is 3.08. The minimum Gasteiger partial charge on any atom is -0.320 e. The van der Waals surface area contributed by atoms with Crippen LogP contribution in [0.5, 0.6) is 0 Å². The second kappa shape index (κ2) is 6.58. The van der Waals surface area contributed by atoms with E-state index in [9.17, 15) is 9.18 Å². The second-order valence-electron chi connectivity index (χ2n) is 5.83. The molecule has 2 atom stereocenters. The predicted molar refractivity (Wildman–Crippen MR) is 86.8 cm³/mol. The monoisotopic (exact) mass is 319 g/mol. The lowest BCUT2D eigenvalue weighted by atomic mass is 10.2. The Labute approximate surface area is 133 Å². The Hall–Kier alpha value is -1.72. The van der Waals surface area contributed by atoms with Crippen LogP contribution in [0.15, 0.2) is 35.7 Å². The molecule has 22 heavy (non-hydrogen) atoms. The van der Waals surface area contributed by atoms with E-state index >= 15 is 0 Å². The van der Waals surface area contributed by atoms with Gasteiger partial charge in [-0.25, -0.2) is 4.39 Å². The van der Waals surface area contributed by atoms with Crippen molar-refractivity contribution in [3.05, 3.63) is 52.0 Å². The third kappa shape index (κ3) is 3.36. The zero-order valence-corrected chi connectivity index (χ0v) is 13.4. The fourth-order valence-corrected chi connectivity index (χ4v) is 4.00. The van der Waals surface area contributed by atoms with Crippen LogP contribution in [-0.4, -0.2) is 19.0 Å². The number of benzene rings is 1. The van der Waals surface area contributed by atoms with Crippen LogP contribution in [0.3, 0.4) is 0 Å². The molecular weight excluding hydrogens is 299 g/mol. The number of amides is 1. The Kier molecular flexibility index (Phi) is 4.55. The van der Waals surface area contributed by atoms with Crippen LogP contribution in [0.1, 0.15) is 29.3 Å². The van der Waals surface area contributed by atoms with Crippen LogP contribution in [0.2, 0.25) is 0 Å². The van der Waals surface area contributed by atoms with Gasteiger partial charge >= 0.3 is 0 Å². The van der Waals surface area contributed by atoms with E-state index in [1.807, 2.05) is 6.92 Å². The number of carbonyl (C=O) groups excluding carboxylic acids is 1. The Morgan fingerprint density at radius 2 is 2.32 bits per heavy atom. The normalized spacial score (nSPS) is 21.0. The van der Waals surface area contributed by atoms with E-state index in [0.29, 0.717) is 12.6 Å². The number of halogens is 1. The molecule has 0 saturated carbocycles. The zero-order chi connectivity index (χ0) is 15.5. The molecule has 0 radical (unpaired) electrons. The fraction of sp³-hybridized carbons (Fsp3) is 0.353. The van der Waals surface area contributed by atoms with Crippen molar-refractivity contribution >= 4 is 22.9 Å². The standard InChI is InChI=1S/C17H19FN2OS/c1-12-6-7-14(13(18)10-12)19-17(21)11-20-8-2-4-15(20)16-5-3-9-22-16/h3,5-7,9-10,15H,2,4,8,11H2,1H3,(H,19,21)/p+1/t15-/m1/s1. The molecule has 3 nitrogen and oxygen atoms in total. The highest BCUT2D eigenvalue weighted by Gasteiger charge is 2.32. The van der Waals surface area contributed by atoms with Gasteiger partial charge in [0.1, 0.15) is 11.9 Å². The van der Waals surface area contributed by atoms with E-state index in [0.717, 1.165) is 24.9 Å². The van der Waals surface area contributed by atoms with Crippen molar-refractivity contribution in [1.29, 1.82) is 0 Å². The third-order valence-electron chi connectivity index (χ3n) is 4.16. The van der Waals surface area contributed by atoms with Crippen LogP contribution in [-0.2, 0) is 4.79 Å². The molecule has 116 valence electrons. The summed E-state index contributed by atoms with van der Waals surface area (Å²) < 4.78 is 13.8. The lowest BCUT2D eigenvalue weighted by Gasteiger charge is -2.20. The number of nitrogens with one attached hydrogen (secondary N) is 2. The topological polar surface area (TPSA) is 33.5 Å². The summed E-state index contributed by atoms with van der Waals surface area (Å²) in [6.45, 7) is 3.21. The maximum absolute atomic E-state index is 13.8. The first-order valence-corrected chi connectivity index (χ1v) is 8.45. The van der Waals surface area contributed by atoms with Gasteiger partial charge in [0.15, 0.2) is 6.54 Å². The van der Waals surface area contributed by atoms with Crippen LogP contribution in [0.25, 0.3) is 0 Å². The quantitative estimate of drug-likeness (QED) is 0.892. The lowest BCUT2D eigenvalue weighted by molar-refractivity contribution is -0.910. The molecular formula is C17H20FN2OS+. The SMILES string of the molecule is Cc1ccc(NC(=O)C[NH+]2CCC[C@@H]2c2cccs2)c(F)c1. The first kappa shape index (κ1) is 15.2. The number of aryl methyl sites for hydroxylation is 1. The summed E-state index contributed by atoms with van der Waals surface area (Å²) in [6.07, 6.45) is 2.24. The molecule has 3 rings (SSSR count). The number of hydrogen-bond donors (Lipinski definition) is 2. The Morgan fingerprint density at radius 1 is 1.45 bits per heavy atom. The number of likely N-dealkylation sites (tertiary alicyclic amines) is 1. The summed E-state index contributed by atoms with van der Waals surface area (Å²) in [5.41, 5.74) is 1.11. The van der Waals surface area contributed by atoms with Gasteiger partial charge in [-0.05, 0) is 36.1 Å². The van der Waals surface area contributed by atoms with Gasteiger partial charge in [-0.1, -0.05) is 12.1 Å². The van der Waals surface area contributed by atoms with Crippen molar-refractivity contribution in [3.8, 4) is 0 Å². The van der Waals surface area contributed by atoms with Crippen LogP contribution < -0.4 is 10.2 Å². The molecule has 1 saturated heterocycles. The average Bonchev–Trinajstić information content (AvgIpc) is 3.12. The van der Waals surface area contributed by atoms with E-state index in [1.165, 1.54) is 15.8 Å². The highest BCUT2D eigenvalue weighted by Crippen LogP contribution is 2.23. The average molecular weight is 319 g/mol. The Bertz CT molecular complexity index is 657. The van der Waals surface area contributed by atoms with Gasteiger partial charge in [-0.3, -0.25) is 4.79 Å². The Morgan fingerprint density at radius 3 is 3.05 bits per heavy atom. The number of hydrogen-bond acceptors (Lipinski definition) is 2. The van der Waals surface area contributed by atoms with Crippen molar-refractivity contribution in [2.75, 3.05) is 18.4 Å². The van der Waals surface area contributed by atoms with E-state index in [4.69, 9.17) is 0 Å². The van der Waals surface area contributed by atoms with Gasteiger partial charge in [0.05, 0.1) is 17.1 Å². The number of thiophene rings is 1. The molecule has 1 aliphatic heterocycles. The molecule has 1 aromatic carbocycles. The molecule has 2 N–H and O–H groups in total. The molecule has 2 heterocycles. The summed E-state index contributed by atoms with van der Waals surface area (Å²) in [5, 5.41) is 4.78. The molecule has 1 unspecified atom stereocenters. The van der Waals surface area contributed by atoms with E-state index in [-0.39, 0.29) is 17.4 Å². The third-order valence-corrected chi connectivity index (χ3v) is 5.14. The molecule has 1 aliphatic rings. The maximum atomic E-state index is 13.8. The van der Waals surface area contributed by atoms with Crippen molar-refractivity contribution in [2.24, 2.45) is 0 Å². The predicted octanol–water partition coefficient (Wildman–Crippen LogP) is 2.55. The number of rotatable bonds is 4. The van der Waals surface area contributed by atoms with Crippen molar-refractivity contribution in [2.45, 2.75) is 25.8 Å². The lowest BCUT2D eigenvalue weighted by Crippen LogP contribution is -3.11. The van der Waals surface area contributed by atoms with E-state index in [2.05, 4.69) is 22.8 Å². The molecule has 1 amide bonds.